The van der Waals surface area contributed by atoms with E-state index >= 15 is 0 Å². The fourth-order valence-corrected chi connectivity index (χ4v) is 2.65. The van der Waals surface area contributed by atoms with Gasteiger partial charge in [-0.25, -0.2) is 0 Å². The van der Waals surface area contributed by atoms with Gasteiger partial charge in [-0.3, -0.25) is 9.59 Å². The fraction of sp³-hybridized carbons (Fsp3) is 0.467. The van der Waals surface area contributed by atoms with Gasteiger partial charge < -0.3 is 15.5 Å². The number of hydrogen-bond acceptors (Lipinski definition) is 3. The third kappa shape index (κ3) is 2.67. The number of rotatable bonds is 5. The van der Waals surface area contributed by atoms with Crippen molar-refractivity contribution < 1.29 is 19.8 Å². The summed E-state index contributed by atoms with van der Waals surface area (Å²) < 4.78 is 0. The number of aliphatic carboxylic acids is 1. The molecule has 1 aliphatic carbocycles. The summed E-state index contributed by atoms with van der Waals surface area (Å²) in [6, 6.07) is 7.25. The Hall–Kier alpha value is -1.88. The molecule has 1 saturated carbocycles. The predicted molar refractivity (Wildman–Crippen MR) is 72.6 cm³/mol. The molecule has 1 fully saturated rings. The van der Waals surface area contributed by atoms with Crippen LogP contribution >= 0.6 is 0 Å². The molecule has 20 heavy (non-hydrogen) atoms. The van der Waals surface area contributed by atoms with Crippen molar-refractivity contribution in [1.29, 1.82) is 0 Å². The van der Waals surface area contributed by atoms with E-state index in [9.17, 15) is 9.59 Å². The first kappa shape index (κ1) is 14.5. The number of benzene rings is 1. The molecule has 1 amide bonds. The van der Waals surface area contributed by atoms with Crippen LogP contribution in [0.2, 0.25) is 0 Å². The average molecular weight is 277 g/mol. The third-order valence-corrected chi connectivity index (χ3v) is 4.05. The minimum Gasteiger partial charge on any atom is -0.481 e. The van der Waals surface area contributed by atoms with E-state index in [4.69, 9.17) is 10.2 Å². The van der Waals surface area contributed by atoms with Gasteiger partial charge in [0.1, 0.15) is 0 Å². The largest absolute Gasteiger partial charge is 0.481 e. The lowest BCUT2D eigenvalue weighted by molar-refractivity contribution is -0.140. The lowest BCUT2D eigenvalue weighted by atomic mass is 10.1. The molecule has 0 aliphatic heterocycles. The zero-order valence-corrected chi connectivity index (χ0v) is 11.6. The minimum absolute atomic E-state index is 0.0107. The summed E-state index contributed by atoms with van der Waals surface area (Å²) in [5.41, 5.74) is 1.26. The number of aliphatic hydroxyl groups excluding tert-OH is 1. The van der Waals surface area contributed by atoms with Crippen molar-refractivity contribution in [3.8, 4) is 0 Å². The third-order valence-electron chi connectivity index (χ3n) is 4.05. The van der Waals surface area contributed by atoms with Gasteiger partial charge in [-0.1, -0.05) is 38.1 Å². The quantitative estimate of drug-likeness (QED) is 0.753. The van der Waals surface area contributed by atoms with Crippen molar-refractivity contribution in [3.05, 3.63) is 35.4 Å². The van der Waals surface area contributed by atoms with Crippen LogP contribution in [-0.4, -0.2) is 22.1 Å². The molecule has 108 valence electrons. The van der Waals surface area contributed by atoms with Gasteiger partial charge in [-0.2, -0.15) is 0 Å². The van der Waals surface area contributed by atoms with Crippen LogP contribution in [0.4, 0.5) is 0 Å². The van der Waals surface area contributed by atoms with Crippen molar-refractivity contribution in [2.75, 3.05) is 0 Å². The molecule has 0 radical (unpaired) electrons. The number of amides is 1. The van der Waals surface area contributed by atoms with E-state index in [0.29, 0.717) is 6.54 Å². The van der Waals surface area contributed by atoms with Crippen LogP contribution < -0.4 is 5.32 Å². The Morgan fingerprint density at radius 1 is 1.15 bits per heavy atom. The lowest BCUT2D eigenvalue weighted by Crippen LogP contribution is -2.26. The number of carbonyl (C=O) groups is 2. The summed E-state index contributed by atoms with van der Waals surface area (Å²) in [6.07, 6.45) is 0. The second-order valence-electron chi connectivity index (χ2n) is 5.81. The number of carbonyl (C=O) groups excluding carboxylic acids is 1. The van der Waals surface area contributed by atoms with Gasteiger partial charge in [0.05, 0.1) is 18.4 Å². The van der Waals surface area contributed by atoms with Crippen LogP contribution in [0.15, 0.2) is 24.3 Å². The van der Waals surface area contributed by atoms with Gasteiger partial charge in [0.15, 0.2) is 0 Å². The maximum Gasteiger partial charge on any atom is 0.307 e. The Morgan fingerprint density at radius 2 is 1.70 bits per heavy atom. The molecule has 0 spiro atoms. The SMILES string of the molecule is CC1(C)[C@H](C(=O)O)[C@@H]1C(=O)NCc1ccc(CO)cc1. The molecule has 0 saturated heterocycles. The first-order chi connectivity index (χ1) is 9.37. The van der Waals surface area contributed by atoms with Gasteiger partial charge in [-0.05, 0) is 16.5 Å². The highest BCUT2D eigenvalue weighted by molar-refractivity contribution is 5.91. The summed E-state index contributed by atoms with van der Waals surface area (Å²) in [5, 5.41) is 20.8. The van der Waals surface area contributed by atoms with Crippen LogP contribution in [0, 0.1) is 17.3 Å². The molecule has 3 N–H and O–H groups in total. The van der Waals surface area contributed by atoms with E-state index in [2.05, 4.69) is 5.32 Å². The average Bonchev–Trinajstić information content (AvgIpc) is 3.00. The monoisotopic (exact) mass is 277 g/mol. The summed E-state index contributed by atoms with van der Waals surface area (Å²) in [7, 11) is 0. The van der Waals surface area contributed by atoms with E-state index in [-0.39, 0.29) is 12.5 Å². The van der Waals surface area contributed by atoms with E-state index in [0.717, 1.165) is 11.1 Å². The molecule has 1 aromatic rings. The number of nitrogens with one attached hydrogen (secondary N) is 1. The number of hydrogen-bond donors (Lipinski definition) is 3. The highest BCUT2D eigenvalue weighted by Gasteiger charge is 2.65. The summed E-state index contributed by atoms with van der Waals surface area (Å²) in [4.78, 5) is 23.1. The Balaban J connectivity index is 1.91. The van der Waals surface area contributed by atoms with Crippen LogP contribution in [0.5, 0.6) is 0 Å². The number of aliphatic hydroxyl groups is 1. The van der Waals surface area contributed by atoms with E-state index in [1.165, 1.54) is 0 Å². The van der Waals surface area contributed by atoms with Crippen molar-refractivity contribution in [2.45, 2.75) is 27.0 Å². The second kappa shape index (κ2) is 5.25. The van der Waals surface area contributed by atoms with Gasteiger partial charge in [0, 0.05) is 6.54 Å². The normalized spacial score (nSPS) is 23.1. The molecular formula is C15H19NO4. The Kier molecular flexibility index (Phi) is 3.81. The molecule has 1 aliphatic rings. The Labute approximate surface area is 117 Å². The molecule has 0 bridgehead atoms. The topological polar surface area (TPSA) is 86.6 Å². The van der Waals surface area contributed by atoms with Crippen LogP contribution in [0.3, 0.4) is 0 Å². The maximum atomic E-state index is 12.0. The molecule has 2 rings (SSSR count). The molecule has 1 aromatic carbocycles. The van der Waals surface area contributed by atoms with E-state index in [1.807, 2.05) is 12.1 Å². The smallest absolute Gasteiger partial charge is 0.307 e. The minimum atomic E-state index is -0.914. The van der Waals surface area contributed by atoms with Crippen molar-refractivity contribution in [1.82, 2.24) is 5.32 Å². The summed E-state index contributed by atoms with van der Waals surface area (Å²) >= 11 is 0. The molecule has 2 atom stereocenters. The standard InChI is InChI=1S/C15H19NO4/c1-15(2)11(12(15)14(19)20)13(18)16-7-9-3-5-10(8-17)6-4-9/h3-6,11-12,17H,7-8H2,1-2H3,(H,16,18)(H,19,20)/t11-,12+/m1/s1. The van der Waals surface area contributed by atoms with E-state index < -0.39 is 23.2 Å². The Bertz CT molecular complexity index is 521. The summed E-state index contributed by atoms with van der Waals surface area (Å²) in [6.45, 7) is 3.95. The Morgan fingerprint density at radius 3 is 2.15 bits per heavy atom. The molecule has 5 nitrogen and oxygen atoms in total. The van der Waals surface area contributed by atoms with Crippen molar-refractivity contribution >= 4 is 11.9 Å². The first-order valence-electron chi connectivity index (χ1n) is 6.57. The highest BCUT2D eigenvalue weighted by Crippen LogP contribution is 2.58. The van der Waals surface area contributed by atoms with E-state index in [1.54, 1.807) is 26.0 Å². The van der Waals surface area contributed by atoms with Crippen molar-refractivity contribution in [2.24, 2.45) is 17.3 Å². The van der Waals surface area contributed by atoms with Gasteiger partial charge in [0.2, 0.25) is 5.91 Å². The zero-order valence-electron chi connectivity index (χ0n) is 11.6. The van der Waals surface area contributed by atoms with Crippen LogP contribution in [-0.2, 0) is 22.7 Å². The fourth-order valence-electron chi connectivity index (χ4n) is 2.65. The lowest BCUT2D eigenvalue weighted by Gasteiger charge is -2.06. The van der Waals surface area contributed by atoms with Gasteiger partial charge in [-0.15, -0.1) is 0 Å². The van der Waals surface area contributed by atoms with Crippen molar-refractivity contribution in [3.63, 3.8) is 0 Å². The molecule has 0 aromatic heterocycles. The highest BCUT2D eigenvalue weighted by atomic mass is 16.4. The molecule has 0 unspecified atom stereocenters. The van der Waals surface area contributed by atoms with Gasteiger partial charge in [0.25, 0.3) is 0 Å². The predicted octanol–water partition coefficient (Wildman–Crippen LogP) is 1.15. The molecule has 0 heterocycles. The maximum absolute atomic E-state index is 12.0. The van der Waals surface area contributed by atoms with Crippen LogP contribution in [0.1, 0.15) is 25.0 Å². The second-order valence-corrected chi connectivity index (χ2v) is 5.81. The number of carboxylic acids is 1. The van der Waals surface area contributed by atoms with Gasteiger partial charge >= 0.3 is 5.97 Å². The first-order valence-corrected chi connectivity index (χ1v) is 6.57. The summed E-state index contributed by atoms with van der Waals surface area (Å²) in [5.74, 6) is -2.19. The number of carboxylic acid groups (broad SMARTS) is 1. The van der Waals surface area contributed by atoms with Crippen LogP contribution in [0.25, 0.3) is 0 Å². The zero-order chi connectivity index (χ0) is 14.9. The molecular weight excluding hydrogens is 258 g/mol. The molecule has 5 heteroatoms.